The average Bonchev–Trinajstić information content (AvgIpc) is 3.15. The highest BCUT2D eigenvalue weighted by atomic mass is 19.4. The second kappa shape index (κ2) is 10.1. The van der Waals surface area contributed by atoms with Crippen molar-refractivity contribution in [2.45, 2.75) is 44.7 Å². The fraction of sp³-hybridized carbons (Fsp3) is 0.636. The summed E-state index contributed by atoms with van der Waals surface area (Å²) in [5.74, 6) is 0.0473. The topological polar surface area (TPSA) is 76.4 Å². The minimum Gasteiger partial charge on any atom is -0.480 e. The van der Waals surface area contributed by atoms with Gasteiger partial charge in [-0.1, -0.05) is 19.3 Å². The molecule has 1 amide bonds. The largest absolute Gasteiger partial charge is 0.480 e. The molecule has 1 aliphatic heterocycles. The zero-order valence-electron chi connectivity index (χ0n) is 18.7. The van der Waals surface area contributed by atoms with Crippen LogP contribution in [0.5, 0.6) is 5.88 Å². The van der Waals surface area contributed by atoms with Crippen molar-refractivity contribution in [3.05, 3.63) is 29.6 Å². The molecular formula is C22H29F3N6O2. The Morgan fingerprint density at radius 2 is 1.85 bits per heavy atom. The zero-order valence-corrected chi connectivity index (χ0v) is 18.7. The summed E-state index contributed by atoms with van der Waals surface area (Å²) >= 11 is 0. The first kappa shape index (κ1) is 23.5. The maximum Gasteiger partial charge on any atom is 0.434 e. The fourth-order valence-electron chi connectivity index (χ4n) is 4.75. The third kappa shape index (κ3) is 5.45. The van der Waals surface area contributed by atoms with Crippen LogP contribution in [0.4, 0.5) is 13.2 Å². The first-order valence-corrected chi connectivity index (χ1v) is 11.4. The Morgan fingerprint density at radius 1 is 1.06 bits per heavy atom. The van der Waals surface area contributed by atoms with Crippen molar-refractivity contribution in [2.24, 2.45) is 5.92 Å². The molecule has 2 aromatic rings. The number of hydrogen-bond acceptors (Lipinski definition) is 6. The molecule has 11 heteroatoms. The summed E-state index contributed by atoms with van der Waals surface area (Å²) in [5.41, 5.74) is -1.61. The molecule has 0 N–H and O–H groups in total. The third-order valence-corrected chi connectivity index (χ3v) is 6.44. The van der Waals surface area contributed by atoms with Gasteiger partial charge in [0.25, 0.3) is 5.91 Å². The number of halogens is 3. The van der Waals surface area contributed by atoms with E-state index in [2.05, 4.69) is 20.2 Å². The molecule has 0 unspecified atom stereocenters. The van der Waals surface area contributed by atoms with Gasteiger partial charge >= 0.3 is 6.18 Å². The van der Waals surface area contributed by atoms with Crippen molar-refractivity contribution in [3.8, 4) is 11.7 Å². The Morgan fingerprint density at radius 3 is 2.52 bits per heavy atom. The number of carbonyl (C=O) groups is 1. The highest BCUT2D eigenvalue weighted by Crippen LogP contribution is 2.34. The van der Waals surface area contributed by atoms with Gasteiger partial charge in [-0.25, -0.2) is 4.68 Å². The average molecular weight is 467 g/mol. The summed E-state index contributed by atoms with van der Waals surface area (Å²) in [6.07, 6.45) is 3.23. The molecule has 1 saturated carbocycles. The van der Waals surface area contributed by atoms with Crippen LogP contribution < -0.4 is 4.74 Å². The van der Waals surface area contributed by atoms with Crippen LogP contribution in [0.1, 0.15) is 54.6 Å². The standard InChI is InChI=1S/C22H29F3N6O2/c1-33-19-9-8-18(27-28-19)31-20(22(23,24)25)17(14-26-31)21(32)30-11-5-10-29(12-13-30)15-16-6-3-2-4-7-16/h8-9,14,16H,2-7,10-13,15H2,1H3. The van der Waals surface area contributed by atoms with Gasteiger partial charge in [0.2, 0.25) is 5.88 Å². The normalized spacial score (nSPS) is 18.8. The van der Waals surface area contributed by atoms with Gasteiger partial charge in [-0.05, 0) is 37.8 Å². The Bertz CT molecular complexity index is 941. The first-order valence-electron chi connectivity index (χ1n) is 11.4. The van der Waals surface area contributed by atoms with E-state index in [0.717, 1.165) is 25.7 Å². The van der Waals surface area contributed by atoms with Crippen molar-refractivity contribution >= 4 is 5.91 Å². The van der Waals surface area contributed by atoms with Crippen molar-refractivity contribution < 1.29 is 22.7 Å². The van der Waals surface area contributed by atoms with Gasteiger partial charge in [0.05, 0.1) is 18.9 Å². The monoisotopic (exact) mass is 466 g/mol. The number of hydrogen-bond donors (Lipinski definition) is 0. The lowest BCUT2D eigenvalue weighted by molar-refractivity contribution is -0.143. The molecule has 1 aliphatic carbocycles. The number of carbonyl (C=O) groups excluding carboxylic acids is 1. The molecule has 2 fully saturated rings. The molecule has 33 heavy (non-hydrogen) atoms. The van der Waals surface area contributed by atoms with E-state index in [1.165, 1.54) is 56.2 Å². The molecule has 0 radical (unpaired) electrons. The summed E-state index contributed by atoms with van der Waals surface area (Å²) in [6, 6.07) is 2.71. The van der Waals surface area contributed by atoms with Gasteiger partial charge in [-0.15, -0.1) is 10.2 Å². The van der Waals surface area contributed by atoms with Crippen LogP contribution in [0.3, 0.4) is 0 Å². The van der Waals surface area contributed by atoms with Crippen molar-refractivity contribution in [2.75, 3.05) is 39.8 Å². The molecule has 0 bridgehead atoms. The predicted molar refractivity (Wildman–Crippen MR) is 114 cm³/mol. The molecule has 180 valence electrons. The van der Waals surface area contributed by atoms with Crippen molar-refractivity contribution in [1.29, 1.82) is 0 Å². The molecular weight excluding hydrogens is 437 g/mol. The Balaban J connectivity index is 1.50. The number of methoxy groups -OCH3 is 1. The van der Waals surface area contributed by atoms with Crippen LogP contribution in [0.15, 0.2) is 18.3 Å². The molecule has 4 rings (SSSR count). The maximum absolute atomic E-state index is 14.0. The summed E-state index contributed by atoms with van der Waals surface area (Å²) in [4.78, 5) is 17.0. The summed E-state index contributed by atoms with van der Waals surface area (Å²) in [7, 11) is 1.38. The second-order valence-electron chi connectivity index (χ2n) is 8.70. The van der Waals surface area contributed by atoms with E-state index in [4.69, 9.17) is 4.74 Å². The van der Waals surface area contributed by atoms with E-state index in [9.17, 15) is 18.0 Å². The van der Waals surface area contributed by atoms with Crippen LogP contribution >= 0.6 is 0 Å². The lowest BCUT2D eigenvalue weighted by atomic mass is 9.89. The number of nitrogens with zero attached hydrogens (tertiary/aromatic N) is 6. The van der Waals surface area contributed by atoms with Crippen LogP contribution in [0, 0.1) is 5.92 Å². The number of alkyl halides is 3. The van der Waals surface area contributed by atoms with Crippen molar-refractivity contribution in [3.63, 3.8) is 0 Å². The minimum atomic E-state index is -4.79. The molecule has 2 aliphatic rings. The summed E-state index contributed by atoms with van der Waals surface area (Å²) in [5, 5.41) is 11.3. The number of aromatic nitrogens is 4. The number of ether oxygens (including phenoxy) is 1. The van der Waals surface area contributed by atoms with Gasteiger partial charge in [-0.3, -0.25) is 4.79 Å². The van der Waals surface area contributed by atoms with Gasteiger partial charge in [-0.2, -0.15) is 18.3 Å². The highest BCUT2D eigenvalue weighted by Gasteiger charge is 2.42. The fourth-order valence-corrected chi connectivity index (χ4v) is 4.75. The molecule has 0 atom stereocenters. The van der Waals surface area contributed by atoms with Gasteiger partial charge < -0.3 is 14.5 Å². The lowest BCUT2D eigenvalue weighted by Gasteiger charge is -2.28. The number of rotatable bonds is 5. The van der Waals surface area contributed by atoms with Crippen LogP contribution in [0.25, 0.3) is 5.82 Å². The molecule has 0 aromatic carbocycles. The highest BCUT2D eigenvalue weighted by molar-refractivity contribution is 5.95. The summed E-state index contributed by atoms with van der Waals surface area (Å²) in [6.45, 7) is 3.35. The lowest BCUT2D eigenvalue weighted by Crippen LogP contribution is -2.37. The Kier molecular flexibility index (Phi) is 7.16. The summed E-state index contributed by atoms with van der Waals surface area (Å²) < 4.78 is 47.5. The minimum absolute atomic E-state index is 0.142. The first-order chi connectivity index (χ1) is 15.9. The van der Waals surface area contributed by atoms with E-state index in [-0.39, 0.29) is 11.7 Å². The van der Waals surface area contributed by atoms with Crippen LogP contribution in [-0.4, -0.2) is 75.5 Å². The van der Waals surface area contributed by atoms with Gasteiger partial charge in [0, 0.05) is 32.2 Å². The van der Waals surface area contributed by atoms with Crippen LogP contribution in [-0.2, 0) is 6.18 Å². The van der Waals surface area contributed by atoms with E-state index < -0.39 is 23.3 Å². The Labute approximate surface area is 190 Å². The van der Waals surface area contributed by atoms with E-state index in [1.807, 2.05) is 0 Å². The third-order valence-electron chi connectivity index (χ3n) is 6.44. The molecule has 3 heterocycles. The molecule has 0 spiro atoms. The Hall–Kier alpha value is -2.69. The van der Waals surface area contributed by atoms with Crippen molar-refractivity contribution in [1.82, 2.24) is 29.8 Å². The molecule has 8 nitrogen and oxygen atoms in total. The predicted octanol–water partition coefficient (Wildman–Crippen LogP) is 3.42. The molecule has 2 aromatic heterocycles. The quantitative estimate of drug-likeness (QED) is 0.672. The van der Waals surface area contributed by atoms with E-state index in [0.29, 0.717) is 30.2 Å². The molecule has 1 saturated heterocycles. The maximum atomic E-state index is 14.0. The van der Waals surface area contributed by atoms with Crippen LogP contribution in [0.2, 0.25) is 0 Å². The smallest absolute Gasteiger partial charge is 0.434 e. The van der Waals surface area contributed by atoms with Gasteiger partial charge in [0.1, 0.15) is 0 Å². The zero-order chi connectivity index (χ0) is 23.4. The number of amides is 1. The van der Waals surface area contributed by atoms with E-state index >= 15 is 0 Å². The van der Waals surface area contributed by atoms with Gasteiger partial charge in [0.15, 0.2) is 11.5 Å². The second-order valence-corrected chi connectivity index (χ2v) is 8.70. The van der Waals surface area contributed by atoms with E-state index in [1.54, 1.807) is 0 Å². The SMILES string of the molecule is COc1ccc(-n2ncc(C(=O)N3CCCN(CC4CCCCC4)CC3)c2C(F)(F)F)nn1.